The minimum absolute atomic E-state index is 0.399. The van der Waals surface area contributed by atoms with Crippen molar-refractivity contribution >= 4 is 36.1 Å². The summed E-state index contributed by atoms with van der Waals surface area (Å²) in [7, 11) is 0.885. The Morgan fingerprint density at radius 1 is 1.56 bits per heavy atom. The number of fused-ring (bicyclic) bond motifs is 1. The Kier molecular flexibility index (Phi) is 2.94. The first-order valence-corrected chi connectivity index (χ1v) is 5.38. The molecule has 0 amide bonds. The van der Waals surface area contributed by atoms with Crippen LogP contribution >= 0.6 is 12.2 Å². The van der Waals surface area contributed by atoms with Crippen molar-refractivity contribution < 1.29 is 5.02 Å². The van der Waals surface area contributed by atoms with Crippen molar-refractivity contribution in [3.63, 3.8) is 0 Å². The molecule has 0 fully saturated rings. The van der Waals surface area contributed by atoms with Crippen LogP contribution in [-0.2, 0) is 0 Å². The van der Waals surface area contributed by atoms with E-state index < -0.39 is 7.05 Å². The van der Waals surface area contributed by atoms with Gasteiger partial charge in [-0.1, -0.05) is 18.2 Å². The van der Waals surface area contributed by atoms with Gasteiger partial charge in [-0.25, -0.2) is 0 Å². The van der Waals surface area contributed by atoms with E-state index in [4.69, 9.17) is 12.2 Å². The third-order valence-corrected chi connectivity index (χ3v) is 2.99. The van der Waals surface area contributed by atoms with E-state index in [0.717, 1.165) is 16.6 Å². The largest absolute Gasteiger partial charge is 0.473 e. The third-order valence-electron chi connectivity index (χ3n) is 2.60. The third kappa shape index (κ3) is 1.70. The van der Waals surface area contributed by atoms with E-state index >= 15 is 0 Å². The van der Waals surface area contributed by atoms with Crippen LogP contribution in [0.1, 0.15) is 11.1 Å². The fourth-order valence-corrected chi connectivity index (χ4v) is 1.84. The summed E-state index contributed by atoms with van der Waals surface area (Å²) in [6, 6.07) is 5.78. The number of hydrogen-bond acceptors (Lipinski definition) is 3. The fraction of sp³-hybridized carbons (Fsp3) is 0.200. The minimum atomic E-state index is -0.820. The molecule has 0 unspecified atom stereocenters. The monoisotopic (exact) mass is 233 g/mol. The second-order valence-electron chi connectivity index (χ2n) is 3.60. The zero-order valence-corrected chi connectivity index (χ0v) is 9.95. The average Bonchev–Trinajstić information content (AvgIpc) is 2.30. The number of hydrazone groups is 1. The summed E-state index contributed by atoms with van der Waals surface area (Å²) < 4.78 is 0. The van der Waals surface area contributed by atoms with Crippen molar-refractivity contribution in [1.82, 2.24) is 10.2 Å². The van der Waals surface area contributed by atoms with Gasteiger partial charge in [-0.2, -0.15) is 5.10 Å². The Balaban J connectivity index is 2.43. The first-order valence-electron chi connectivity index (χ1n) is 4.97. The van der Waals surface area contributed by atoms with Crippen molar-refractivity contribution in [3.8, 4) is 0 Å². The summed E-state index contributed by atoms with van der Waals surface area (Å²) >= 11 is 5.06. The molecule has 0 atom stereocenters. The molecule has 1 heterocycles. The lowest BCUT2D eigenvalue weighted by Crippen LogP contribution is -2.54. The summed E-state index contributed by atoms with van der Waals surface area (Å²) in [5, 5.41) is 17.5. The van der Waals surface area contributed by atoms with Gasteiger partial charge < -0.3 is 10.3 Å². The molecule has 6 heteroatoms. The highest BCUT2D eigenvalue weighted by Gasteiger charge is 2.31. The summed E-state index contributed by atoms with van der Waals surface area (Å²) in [6.45, 7) is 1.99. The fourth-order valence-electron chi connectivity index (χ4n) is 1.70. The van der Waals surface area contributed by atoms with Gasteiger partial charge in [0.2, 0.25) is 0 Å². The van der Waals surface area contributed by atoms with Crippen LogP contribution in [0.4, 0.5) is 0 Å². The van der Waals surface area contributed by atoms with Crippen LogP contribution in [-0.4, -0.2) is 35.4 Å². The maximum Gasteiger partial charge on any atom is 0.473 e. The smallest absolute Gasteiger partial charge is 0.427 e. The zero-order valence-electron chi connectivity index (χ0n) is 9.14. The number of aryl methyl sites for hydroxylation is 1. The maximum absolute atomic E-state index is 10.1. The molecule has 1 aromatic rings. The van der Waals surface area contributed by atoms with Crippen molar-refractivity contribution in [2.75, 3.05) is 7.05 Å². The second kappa shape index (κ2) is 4.23. The molecule has 0 radical (unpaired) electrons. The Morgan fingerprint density at radius 2 is 2.31 bits per heavy atom. The zero-order chi connectivity index (χ0) is 11.7. The molecule has 0 saturated heterocycles. The van der Waals surface area contributed by atoms with E-state index in [0.29, 0.717) is 5.11 Å². The molecule has 0 saturated carbocycles. The topological polar surface area (TPSA) is 47.9 Å². The molecule has 82 valence electrons. The average molecular weight is 233 g/mol. The molecule has 0 spiro atoms. The molecule has 0 aliphatic carbocycles. The quantitative estimate of drug-likeness (QED) is 0.482. The van der Waals surface area contributed by atoms with Crippen LogP contribution in [0.3, 0.4) is 0 Å². The standard InChI is InChI=1S/C10H12BN3OS/c1-7-4-3-5-9-8(7)6-13-14(11(9)15)10(16)12-2/h3-6,15H,1-2H3,(H,12,16). The molecule has 4 nitrogen and oxygen atoms in total. The van der Waals surface area contributed by atoms with Gasteiger partial charge in [0.15, 0.2) is 5.11 Å². The molecule has 16 heavy (non-hydrogen) atoms. The van der Waals surface area contributed by atoms with E-state index in [2.05, 4.69) is 10.4 Å². The summed E-state index contributed by atoms with van der Waals surface area (Å²) in [5.74, 6) is 0. The van der Waals surface area contributed by atoms with Crippen LogP contribution in [0.5, 0.6) is 0 Å². The molecule has 2 rings (SSSR count). The van der Waals surface area contributed by atoms with Crippen molar-refractivity contribution in [3.05, 3.63) is 29.3 Å². The van der Waals surface area contributed by atoms with Crippen molar-refractivity contribution in [2.45, 2.75) is 6.92 Å². The molecular formula is C10H12BN3OS. The highest BCUT2D eigenvalue weighted by molar-refractivity contribution is 7.80. The molecule has 1 aromatic carbocycles. The maximum atomic E-state index is 10.1. The van der Waals surface area contributed by atoms with Gasteiger partial charge in [0.25, 0.3) is 0 Å². The van der Waals surface area contributed by atoms with Crippen LogP contribution in [0.15, 0.2) is 23.3 Å². The van der Waals surface area contributed by atoms with Crippen LogP contribution in [0, 0.1) is 6.92 Å². The van der Waals surface area contributed by atoms with E-state index in [1.165, 1.54) is 4.92 Å². The van der Waals surface area contributed by atoms with Gasteiger partial charge >= 0.3 is 7.05 Å². The normalized spacial score (nSPS) is 13.7. The van der Waals surface area contributed by atoms with Gasteiger partial charge in [0.05, 0.1) is 6.21 Å². The van der Waals surface area contributed by atoms with Crippen molar-refractivity contribution in [1.29, 1.82) is 0 Å². The number of nitrogens with zero attached hydrogens (tertiary/aromatic N) is 2. The number of benzene rings is 1. The first kappa shape index (κ1) is 11.1. The lowest BCUT2D eigenvalue weighted by atomic mass is 9.69. The van der Waals surface area contributed by atoms with Gasteiger partial charge in [-0.05, 0) is 35.7 Å². The molecule has 1 aliphatic rings. The summed E-state index contributed by atoms with van der Waals surface area (Å²) in [6.07, 6.45) is 1.72. The predicted octanol–water partition coefficient (Wildman–Crippen LogP) is -0.164. The van der Waals surface area contributed by atoms with Gasteiger partial charge in [0, 0.05) is 7.05 Å². The molecule has 0 aromatic heterocycles. The van der Waals surface area contributed by atoms with E-state index in [1.54, 1.807) is 13.3 Å². The van der Waals surface area contributed by atoms with Crippen LogP contribution < -0.4 is 10.8 Å². The minimum Gasteiger partial charge on any atom is -0.427 e. The highest BCUT2D eigenvalue weighted by atomic mass is 32.1. The Bertz CT molecular complexity index is 463. The molecule has 1 aliphatic heterocycles. The molecular weight excluding hydrogens is 221 g/mol. The van der Waals surface area contributed by atoms with Crippen LogP contribution in [0.25, 0.3) is 0 Å². The van der Waals surface area contributed by atoms with Crippen molar-refractivity contribution in [2.24, 2.45) is 5.10 Å². The molecule has 0 bridgehead atoms. The SMILES string of the molecule is CNC(=S)N1N=Cc2c(C)cccc2B1O. The number of thiocarbonyl (C=S) groups is 1. The lowest BCUT2D eigenvalue weighted by Gasteiger charge is -2.27. The van der Waals surface area contributed by atoms with E-state index in [9.17, 15) is 5.02 Å². The Hall–Kier alpha value is -1.40. The lowest BCUT2D eigenvalue weighted by molar-refractivity contribution is 0.490. The Labute approximate surface area is 100 Å². The van der Waals surface area contributed by atoms with Gasteiger partial charge in [-0.3, -0.25) is 4.92 Å². The van der Waals surface area contributed by atoms with E-state index in [-0.39, 0.29) is 0 Å². The first-order chi connectivity index (χ1) is 7.65. The summed E-state index contributed by atoms with van der Waals surface area (Å²) in [4.78, 5) is 1.39. The van der Waals surface area contributed by atoms with E-state index in [1.807, 2.05) is 25.1 Å². The van der Waals surface area contributed by atoms with Gasteiger partial charge in [-0.15, -0.1) is 0 Å². The predicted molar refractivity (Wildman–Crippen MR) is 69.9 cm³/mol. The molecule has 2 N–H and O–H groups in total. The number of rotatable bonds is 0. The van der Waals surface area contributed by atoms with Crippen LogP contribution in [0.2, 0.25) is 0 Å². The summed E-state index contributed by atoms with van der Waals surface area (Å²) in [5.41, 5.74) is 2.88. The highest BCUT2D eigenvalue weighted by Crippen LogP contribution is 2.10. The Morgan fingerprint density at radius 3 is 3.00 bits per heavy atom. The van der Waals surface area contributed by atoms with Gasteiger partial charge in [0.1, 0.15) is 0 Å². The number of nitrogens with one attached hydrogen (secondary N) is 1. The number of hydrogen-bond donors (Lipinski definition) is 2. The second-order valence-corrected chi connectivity index (χ2v) is 3.98.